The lowest BCUT2D eigenvalue weighted by molar-refractivity contribution is 0.158. The molecule has 3 rings (SSSR count). The first-order valence-corrected chi connectivity index (χ1v) is 8.97. The lowest BCUT2D eigenvalue weighted by atomic mass is 10.2. The predicted molar refractivity (Wildman–Crippen MR) is 85.7 cm³/mol. The van der Waals surface area contributed by atoms with Crippen LogP contribution < -0.4 is 5.73 Å². The number of rotatable bonds is 3. The van der Waals surface area contributed by atoms with Crippen molar-refractivity contribution < 1.29 is 8.42 Å². The van der Waals surface area contributed by atoms with Gasteiger partial charge in [-0.1, -0.05) is 24.4 Å². The standard InChI is InChI=1S/C14H19N3O2S2/c15-14(20)11-3-1-5-13(9-11)21(18,19)17-8-7-16-6-2-4-12(16)10-17/h1,3,5,9,12H,2,4,6-8,10H2,(H2,15,20). The molecule has 2 aliphatic rings. The molecule has 7 heteroatoms. The van der Waals surface area contributed by atoms with E-state index in [1.807, 2.05) is 0 Å². The Hall–Kier alpha value is -1.02. The van der Waals surface area contributed by atoms with Gasteiger partial charge in [0, 0.05) is 31.2 Å². The van der Waals surface area contributed by atoms with E-state index in [0.29, 0.717) is 24.7 Å². The molecule has 2 heterocycles. The summed E-state index contributed by atoms with van der Waals surface area (Å²) in [5, 5.41) is 0. The molecule has 0 aromatic heterocycles. The Morgan fingerprint density at radius 3 is 2.86 bits per heavy atom. The van der Waals surface area contributed by atoms with Gasteiger partial charge in [0.05, 0.1) is 4.90 Å². The molecular formula is C14H19N3O2S2. The molecule has 1 aromatic rings. The van der Waals surface area contributed by atoms with Gasteiger partial charge in [-0.2, -0.15) is 4.31 Å². The average molecular weight is 325 g/mol. The van der Waals surface area contributed by atoms with Gasteiger partial charge < -0.3 is 5.73 Å². The van der Waals surface area contributed by atoms with Crippen molar-refractivity contribution in [1.82, 2.24) is 9.21 Å². The zero-order valence-electron chi connectivity index (χ0n) is 11.7. The Balaban J connectivity index is 1.86. The molecule has 1 unspecified atom stereocenters. The Bertz CT molecular complexity index is 660. The van der Waals surface area contributed by atoms with Gasteiger partial charge in [0.15, 0.2) is 0 Å². The monoisotopic (exact) mass is 325 g/mol. The van der Waals surface area contributed by atoms with Gasteiger partial charge in [-0.05, 0) is 31.5 Å². The van der Waals surface area contributed by atoms with Crippen molar-refractivity contribution in [2.24, 2.45) is 5.73 Å². The summed E-state index contributed by atoms with van der Waals surface area (Å²) in [4.78, 5) is 2.88. The molecule has 2 aliphatic heterocycles. The van der Waals surface area contributed by atoms with Crippen LogP contribution in [0, 0.1) is 0 Å². The van der Waals surface area contributed by atoms with Crippen molar-refractivity contribution in [3.8, 4) is 0 Å². The summed E-state index contributed by atoms with van der Waals surface area (Å²) in [6.45, 7) is 3.05. The van der Waals surface area contributed by atoms with Gasteiger partial charge in [0.25, 0.3) is 0 Å². The van der Waals surface area contributed by atoms with Crippen LogP contribution in [-0.4, -0.2) is 54.8 Å². The molecule has 21 heavy (non-hydrogen) atoms. The average Bonchev–Trinajstić information content (AvgIpc) is 2.94. The second-order valence-electron chi connectivity index (χ2n) is 5.59. The molecule has 1 atom stereocenters. The second kappa shape index (κ2) is 5.64. The number of thiocarbonyl (C=S) groups is 1. The quantitative estimate of drug-likeness (QED) is 0.832. The highest BCUT2D eigenvalue weighted by atomic mass is 32.2. The van der Waals surface area contributed by atoms with Crippen LogP contribution in [0.4, 0.5) is 0 Å². The Morgan fingerprint density at radius 1 is 1.29 bits per heavy atom. The van der Waals surface area contributed by atoms with E-state index in [1.165, 1.54) is 0 Å². The fraction of sp³-hybridized carbons (Fsp3) is 0.500. The number of piperazine rings is 1. The van der Waals surface area contributed by atoms with Crippen LogP contribution >= 0.6 is 12.2 Å². The molecule has 0 amide bonds. The lowest BCUT2D eigenvalue weighted by Crippen LogP contribution is -2.51. The van der Waals surface area contributed by atoms with Crippen molar-refractivity contribution in [1.29, 1.82) is 0 Å². The van der Waals surface area contributed by atoms with Crippen molar-refractivity contribution in [2.75, 3.05) is 26.2 Å². The summed E-state index contributed by atoms with van der Waals surface area (Å²) in [5.41, 5.74) is 6.18. The summed E-state index contributed by atoms with van der Waals surface area (Å²) in [5.74, 6) is 0. The minimum Gasteiger partial charge on any atom is -0.389 e. The first-order valence-electron chi connectivity index (χ1n) is 7.12. The minimum atomic E-state index is -3.47. The molecule has 2 N–H and O–H groups in total. The van der Waals surface area contributed by atoms with Gasteiger partial charge >= 0.3 is 0 Å². The molecule has 2 saturated heterocycles. The number of hydrogen-bond acceptors (Lipinski definition) is 4. The number of nitrogens with zero attached hydrogens (tertiary/aromatic N) is 2. The Morgan fingerprint density at radius 2 is 2.10 bits per heavy atom. The van der Waals surface area contributed by atoms with Crippen molar-refractivity contribution in [3.05, 3.63) is 29.8 Å². The fourth-order valence-electron chi connectivity index (χ4n) is 3.14. The summed E-state index contributed by atoms with van der Waals surface area (Å²) in [7, 11) is -3.47. The number of sulfonamides is 1. The van der Waals surface area contributed by atoms with Crippen molar-refractivity contribution >= 4 is 27.2 Å². The molecule has 2 fully saturated rings. The van der Waals surface area contributed by atoms with E-state index in [9.17, 15) is 8.42 Å². The minimum absolute atomic E-state index is 0.215. The molecule has 5 nitrogen and oxygen atoms in total. The first kappa shape index (κ1) is 14.9. The number of benzene rings is 1. The van der Waals surface area contributed by atoms with Crippen LogP contribution in [0.3, 0.4) is 0 Å². The van der Waals surface area contributed by atoms with Gasteiger partial charge in [-0.25, -0.2) is 8.42 Å². The van der Waals surface area contributed by atoms with Crippen LogP contribution in [0.5, 0.6) is 0 Å². The molecule has 0 radical (unpaired) electrons. The molecule has 0 bridgehead atoms. The second-order valence-corrected chi connectivity index (χ2v) is 7.96. The Kier molecular flexibility index (Phi) is 4.00. The van der Waals surface area contributed by atoms with E-state index in [0.717, 1.165) is 25.9 Å². The lowest BCUT2D eigenvalue weighted by Gasteiger charge is -2.36. The van der Waals surface area contributed by atoms with Crippen LogP contribution in [0.15, 0.2) is 29.2 Å². The number of hydrogen-bond donors (Lipinski definition) is 1. The van der Waals surface area contributed by atoms with Gasteiger partial charge in [0.2, 0.25) is 10.0 Å². The highest BCUT2D eigenvalue weighted by molar-refractivity contribution is 7.89. The molecular weight excluding hydrogens is 306 g/mol. The van der Waals surface area contributed by atoms with Crippen LogP contribution in [0.2, 0.25) is 0 Å². The highest BCUT2D eigenvalue weighted by Crippen LogP contribution is 2.26. The Labute approximate surface area is 130 Å². The van der Waals surface area contributed by atoms with E-state index in [1.54, 1.807) is 28.6 Å². The van der Waals surface area contributed by atoms with E-state index in [4.69, 9.17) is 18.0 Å². The van der Waals surface area contributed by atoms with Gasteiger partial charge in [-0.3, -0.25) is 4.90 Å². The molecule has 0 saturated carbocycles. The van der Waals surface area contributed by atoms with Gasteiger partial charge in [0.1, 0.15) is 4.99 Å². The van der Waals surface area contributed by atoms with Crippen molar-refractivity contribution in [2.45, 2.75) is 23.8 Å². The summed E-state index contributed by atoms with van der Waals surface area (Å²) < 4.78 is 27.1. The summed E-state index contributed by atoms with van der Waals surface area (Å²) in [6.07, 6.45) is 2.24. The van der Waals surface area contributed by atoms with E-state index >= 15 is 0 Å². The maximum atomic E-state index is 12.8. The van der Waals surface area contributed by atoms with Crippen LogP contribution in [-0.2, 0) is 10.0 Å². The van der Waals surface area contributed by atoms with E-state index in [2.05, 4.69) is 4.90 Å². The van der Waals surface area contributed by atoms with Crippen LogP contribution in [0.1, 0.15) is 18.4 Å². The topological polar surface area (TPSA) is 66.6 Å². The maximum absolute atomic E-state index is 12.8. The summed E-state index contributed by atoms with van der Waals surface area (Å²) >= 11 is 4.92. The van der Waals surface area contributed by atoms with Crippen LogP contribution in [0.25, 0.3) is 0 Å². The number of nitrogens with two attached hydrogens (primary N) is 1. The smallest absolute Gasteiger partial charge is 0.243 e. The zero-order valence-corrected chi connectivity index (χ0v) is 13.4. The highest BCUT2D eigenvalue weighted by Gasteiger charge is 2.36. The predicted octanol–water partition coefficient (Wildman–Crippen LogP) is 0.789. The largest absolute Gasteiger partial charge is 0.389 e. The number of fused-ring (bicyclic) bond motifs is 1. The van der Waals surface area contributed by atoms with Gasteiger partial charge in [-0.15, -0.1) is 0 Å². The maximum Gasteiger partial charge on any atom is 0.243 e. The third kappa shape index (κ3) is 2.83. The zero-order chi connectivity index (χ0) is 15.0. The fourth-order valence-corrected chi connectivity index (χ4v) is 4.78. The van der Waals surface area contributed by atoms with E-state index in [-0.39, 0.29) is 9.88 Å². The summed E-state index contributed by atoms with van der Waals surface area (Å²) in [6, 6.07) is 6.97. The van der Waals surface area contributed by atoms with E-state index < -0.39 is 10.0 Å². The SMILES string of the molecule is NC(=S)c1cccc(S(=O)(=O)N2CCN3CCCC3C2)c1. The normalized spacial score (nSPS) is 23.9. The molecule has 1 aromatic carbocycles. The third-order valence-electron chi connectivity index (χ3n) is 4.31. The first-order chi connectivity index (χ1) is 9.98. The molecule has 0 spiro atoms. The third-order valence-corrected chi connectivity index (χ3v) is 6.40. The van der Waals surface area contributed by atoms with Crippen molar-refractivity contribution in [3.63, 3.8) is 0 Å². The molecule has 0 aliphatic carbocycles. The molecule has 114 valence electrons.